The molecule has 1 fully saturated rings. The second-order valence-corrected chi connectivity index (χ2v) is 8.50. The number of ether oxygens (including phenoxy) is 1. The van der Waals surface area contributed by atoms with Gasteiger partial charge in [-0.05, 0) is 55.7 Å². The van der Waals surface area contributed by atoms with Gasteiger partial charge in [-0.25, -0.2) is 9.07 Å². The molecule has 0 atom stereocenters. The van der Waals surface area contributed by atoms with Gasteiger partial charge in [0.1, 0.15) is 5.69 Å². The molecule has 2 aliphatic rings. The average molecular weight is 477 g/mol. The number of benzene rings is 2. The molecule has 0 radical (unpaired) electrons. The maximum absolute atomic E-state index is 14.4. The number of primary amides is 1. The number of rotatable bonds is 5. The number of amides is 3. The molecule has 1 aromatic heterocycles. The van der Waals surface area contributed by atoms with Gasteiger partial charge in [-0.2, -0.15) is 5.10 Å². The molecule has 10 heteroatoms. The molecule has 0 unspecified atom stereocenters. The smallest absolute Gasteiger partial charge is 0.277 e. The van der Waals surface area contributed by atoms with Crippen LogP contribution in [0, 0.1) is 5.82 Å². The number of carbonyl (C=O) groups is 3. The van der Waals surface area contributed by atoms with Crippen LogP contribution in [0.5, 0.6) is 5.75 Å². The summed E-state index contributed by atoms with van der Waals surface area (Å²) in [5.41, 5.74) is 7.81. The van der Waals surface area contributed by atoms with E-state index in [0.29, 0.717) is 37.2 Å². The summed E-state index contributed by atoms with van der Waals surface area (Å²) in [5, 5.41) is 4.26. The average Bonchev–Trinajstić information content (AvgIpc) is 3.26. The largest absolute Gasteiger partial charge is 0.494 e. The minimum absolute atomic E-state index is 0.0109. The van der Waals surface area contributed by atoms with Gasteiger partial charge < -0.3 is 20.3 Å². The molecule has 3 amide bonds. The zero-order chi connectivity index (χ0) is 24.7. The van der Waals surface area contributed by atoms with Crippen LogP contribution in [0.1, 0.15) is 45.8 Å². The highest BCUT2D eigenvalue weighted by Gasteiger charge is 2.35. The van der Waals surface area contributed by atoms with Crippen molar-refractivity contribution in [1.82, 2.24) is 9.78 Å². The monoisotopic (exact) mass is 477 g/mol. The number of hydrogen-bond donors (Lipinski definition) is 1. The van der Waals surface area contributed by atoms with Crippen molar-refractivity contribution in [2.75, 3.05) is 30.0 Å². The molecule has 35 heavy (non-hydrogen) atoms. The predicted molar refractivity (Wildman–Crippen MR) is 127 cm³/mol. The fraction of sp³-hybridized carbons (Fsp3) is 0.280. The van der Waals surface area contributed by atoms with Crippen molar-refractivity contribution < 1.29 is 23.5 Å². The number of aromatic nitrogens is 2. The normalized spacial score (nSPS) is 15.8. The molecule has 0 bridgehead atoms. The number of nitrogens with zero attached hydrogens (tertiary/aromatic N) is 4. The molecule has 5 rings (SSSR count). The molecule has 3 heterocycles. The van der Waals surface area contributed by atoms with Crippen LogP contribution in [-0.2, 0) is 11.2 Å². The van der Waals surface area contributed by atoms with Gasteiger partial charge in [0.2, 0.25) is 5.91 Å². The first-order valence-electron chi connectivity index (χ1n) is 11.4. The van der Waals surface area contributed by atoms with E-state index in [1.54, 1.807) is 28.0 Å². The molecule has 0 aliphatic carbocycles. The van der Waals surface area contributed by atoms with E-state index in [2.05, 4.69) is 5.10 Å². The van der Waals surface area contributed by atoms with Gasteiger partial charge in [-0.3, -0.25) is 14.4 Å². The van der Waals surface area contributed by atoms with Crippen molar-refractivity contribution >= 4 is 29.1 Å². The van der Waals surface area contributed by atoms with E-state index < -0.39 is 11.7 Å². The van der Waals surface area contributed by atoms with Crippen molar-refractivity contribution in [2.24, 2.45) is 5.73 Å². The summed E-state index contributed by atoms with van der Waals surface area (Å²) in [7, 11) is 1.35. The predicted octanol–water partition coefficient (Wildman–Crippen LogP) is 2.84. The number of hydrogen-bond acceptors (Lipinski definition) is 5. The van der Waals surface area contributed by atoms with Crippen LogP contribution < -0.4 is 20.3 Å². The summed E-state index contributed by atoms with van der Waals surface area (Å²) in [6, 6.07) is 11.4. The molecule has 1 saturated heterocycles. The standard InChI is InChI=1S/C25H24FN5O4/c1-35-20-10-9-17(14-19(20)26)31-23-18(22(28-31)24(27)33)11-13-30(25(23)34)16-7-5-15(6-8-16)29-12-3-2-4-21(29)32/h5-10,14H,2-4,11-13H2,1H3,(H2,27,33). The molecule has 0 spiro atoms. The lowest BCUT2D eigenvalue weighted by molar-refractivity contribution is -0.119. The number of piperidine rings is 1. The second-order valence-electron chi connectivity index (χ2n) is 8.50. The zero-order valence-electron chi connectivity index (χ0n) is 19.2. The lowest BCUT2D eigenvalue weighted by Crippen LogP contribution is -2.39. The molecule has 2 N–H and O–H groups in total. The Labute approximate surface area is 200 Å². The van der Waals surface area contributed by atoms with Gasteiger partial charge in [-0.1, -0.05) is 0 Å². The number of methoxy groups -OCH3 is 1. The first kappa shape index (κ1) is 22.6. The van der Waals surface area contributed by atoms with Gasteiger partial charge in [0, 0.05) is 42.5 Å². The SMILES string of the molecule is COc1ccc(-n2nc(C(N)=O)c3c2C(=O)N(c2ccc(N4CCCCC4=O)cc2)CC3)cc1F. The molecule has 9 nitrogen and oxygen atoms in total. The van der Waals surface area contributed by atoms with E-state index in [0.717, 1.165) is 18.5 Å². The van der Waals surface area contributed by atoms with Gasteiger partial charge in [-0.15, -0.1) is 0 Å². The van der Waals surface area contributed by atoms with Crippen LogP contribution in [0.2, 0.25) is 0 Å². The van der Waals surface area contributed by atoms with Crippen LogP contribution in [0.3, 0.4) is 0 Å². The Hall–Kier alpha value is -4.21. The van der Waals surface area contributed by atoms with Crippen LogP contribution in [0.15, 0.2) is 42.5 Å². The number of fused-ring (bicyclic) bond motifs is 1. The van der Waals surface area contributed by atoms with Crippen LogP contribution >= 0.6 is 0 Å². The molecular formula is C25H24FN5O4. The van der Waals surface area contributed by atoms with Crippen molar-refractivity contribution in [2.45, 2.75) is 25.7 Å². The number of halogens is 1. The third-order valence-electron chi connectivity index (χ3n) is 6.43. The highest BCUT2D eigenvalue weighted by molar-refractivity contribution is 6.09. The number of nitrogens with two attached hydrogens (primary N) is 1. The number of anilines is 2. The Morgan fingerprint density at radius 3 is 2.29 bits per heavy atom. The van der Waals surface area contributed by atoms with E-state index in [9.17, 15) is 18.8 Å². The molecule has 2 aromatic carbocycles. The quantitative estimate of drug-likeness (QED) is 0.608. The van der Waals surface area contributed by atoms with E-state index in [1.165, 1.54) is 23.9 Å². The van der Waals surface area contributed by atoms with E-state index in [1.807, 2.05) is 12.1 Å². The summed E-state index contributed by atoms with van der Waals surface area (Å²) < 4.78 is 20.6. The van der Waals surface area contributed by atoms with Crippen LogP contribution in [0.25, 0.3) is 5.69 Å². The molecular weight excluding hydrogens is 453 g/mol. The third-order valence-corrected chi connectivity index (χ3v) is 6.43. The topological polar surface area (TPSA) is 111 Å². The zero-order valence-corrected chi connectivity index (χ0v) is 19.2. The van der Waals surface area contributed by atoms with E-state index in [4.69, 9.17) is 10.5 Å². The lowest BCUT2D eigenvalue weighted by Gasteiger charge is -2.29. The Balaban J connectivity index is 1.51. The van der Waals surface area contributed by atoms with Gasteiger partial charge in [0.25, 0.3) is 11.8 Å². The minimum Gasteiger partial charge on any atom is -0.494 e. The van der Waals surface area contributed by atoms with Gasteiger partial charge >= 0.3 is 0 Å². The molecule has 0 saturated carbocycles. The summed E-state index contributed by atoms with van der Waals surface area (Å²) in [4.78, 5) is 41.3. The van der Waals surface area contributed by atoms with Crippen molar-refractivity contribution in [1.29, 1.82) is 0 Å². The Bertz CT molecular complexity index is 1330. The van der Waals surface area contributed by atoms with Crippen molar-refractivity contribution in [3.63, 3.8) is 0 Å². The maximum atomic E-state index is 14.4. The third kappa shape index (κ3) is 3.90. The molecule has 3 aromatic rings. The summed E-state index contributed by atoms with van der Waals surface area (Å²) in [6.07, 6.45) is 2.74. The Kier molecular flexibility index (Phi) is 5.72. The fourth-order valence-corrected chi connectivity index (χ4v) is 4.67. The second kappa shape index (κ2) is 8.86. The number of carbonyl (C=O) groups excluding carboxylic acids is 3. The van der Waals surface area contributed by atoms with Gasteiger partial charge in [0.05, 0.1) is 12.8 Å². The van der Waals surface area contributed by atoms with E-state index >= 15 is 0 Å². The highest BCUT2D eigenvalue weighted by atomic mass is 19.1. The van der Waals surface area contributed by atoms with Crippen molar-refractivity contribution in [3.05, 3.63) is 65.2 Å². The van der Waals surface area contributed by atoms with Crippen LogP contribution in [0.4, 0.5) is 15.8 Å². The first-order valence-corrected chi connectivity index (χ1v) is 11.4. The van der Waals surface area contributed by atoms with E-state index in [-0.39, 0.29) is 34.6 Å². The summed E-state index contributed by atoms with van der Waals surface area (Å²) >= 11 is 0. The minimum atomic E-state index is -0.759. The van der Waals surface area contributed by atoms with Gasteiger partial charge in [0.15, 0.2) is 17.3 Å². The maximum Gasteiger partial charge on any atom is 0.277 e. The fourth-order valence-electron chi connectivity index (χ4n) is 4.67. The van der Waals surface area contributed by atoms with Crippen LogP contribution in [-0.4, -0.2) is 47.7 Å². The Morgan fingerprint density at radius 1 is 0.971 bits per heavy atom. The summed E-state index contributed by atoms with van der Waals surface area (Å²) in [5.74, 6) is -1.63. The molecule has 180 valence electrons. The Morgan fingerprint density at radius 2 is 1.66 bits per heavy atom. The lowest BCUT2D eigenvalue weighted by atomic mass is 10.0. The van der Waals surface area contributed by atoms with Crippen molar-refractivity contribution in [3.8, 4) is 11.4 Å². The highest BCUT2D eigenvalue weighted by Crippen LogP contribution is 2.31. The first-order chi connectivity index (χ1) is 16.9. The molecule has 2 aliphatic heterocycles. The summed E-state index contributed by atoms with van der Waals surface area (Å²) in [6.45, 7) is 0.995.